The van der Waals surface area contributed by atoms with Crippen molar-refractivity contribution in [3.8, 4) is 0 Å². The first kappa shape index (κ1) is 6.89. The fourth-order valence-corrected chi connectivity index (χ4v) is 1.87. The Bertz CT molecular complexity index is 154. The summed E-state index contributed by atoms with van der Waals surface area (Å²) in [6.45, 7) is 0. The van der Waals surface area contributed by atoms with Crippen molar-refractivity contribution >= 4 is 16.6 Å². The topological polar surface area (TPSA) is 54.4 Å². The van der Waals surface area contributed by atoms with Crippen LogP contribution in [-0.4, -0.2) is 32.7 Å². The van der Waals surface area contributed by atoms with Gasteiger partial charge in [-0.1, -0.05) is 0 Å². The molecule has 0 aromatic heterocycles. The average molecular weight is 148 g/mol. The van der Waals surface area contributed by atoms with E-state index in [1.165, 1.54) is 0 Å². The van der Waals surface area contributed by atoms with Crippen LogP contribution in [-0.2, 0) is 15.6 Å². The van der Waals surface area contributed by atoms with Crippen molar-refractivity contribution in [1.29, 1.82) is 0 Å². The third kappa shape index (κ3) is 1.59. The second-order valence-electron chi connectivity index (χ2n) is 2.04. The minimum absolute atomic E-state index is 0.138. The van der Waals surface area contributed by atoms with Crippen LogP contribution in [0.1, 0.15) is 6.42 Å². The highest BCUT2D eigenvalue weighted by Crippen LogP contribution is 2.03. The van der Waals surface area contributed by atoms with Gasteiger partial charge in [0.1, 0.15) is 6.10 Å². The molecule has 0 aliphatic carbocycles. The van der Waals surface area contributed by atoms with E-state index in [0.29, 0.717) is 5.75 Å². The van der Waals surface area contributed by atoms with Crippen LogP contribution in [0.2, 0.25) is 0 Å². The summed E-state index contributed by atoms with van der Waals surface area (Å²) in [5.74, 6) is 0.393. The van der Waals surface area contributed by atoms with E-state index in [0.717, 1.165) is 0 Å². The van der Waals surface area contributed by atoms with Crippen molar-refractivity contribution in [3.63, 3.8) is 0 Å². The van der Waals surface area contributed by atoms with E-state index in [1.54, 1.807) is 0 Å². The van der Waals surface area contributed by atoms with Gasteiger partial charge in [-0.3, -0.25) is 9.00 Å². The third-order valence-corrected chi connectivity index (χ3v) is 2.64. The van der Waals surface area contributed by atoms with E-state index in [1.807, 2.05) is 0 Å². The van der Waals surface area contributed by atoms with Crippen LogP contribution in [0.5, 0.6) is 0 Å². The second-order valence-corrected chi connectivity index (χ2v) is 3.66. The lowest BCUT2D eigenvalue weighted by atomic mass is 10.2. The highest BCUT2D eigenvalue weighted by Gasteiger charge is 2.23. The zero-order valence-corrected chi connectivity index (χ0v) is 5.69. The Labute approximate surface area is 55.5 Å². The minimum Gasteiger partial charge on any atom is -0.384 e. The van der Waals surface area contributed by atoms with Crippen molar-refractivity contribution in [3.05, 3.63) is 0 Å². The summed E-state index contributed by atoms with van der Waals surface area (Å²) in [6.07, 6.45) is -0.687. The van der Waals surface area contributed by atoms with Crippen LogP contribution >= 0.6 is 0 Å². The maximum atomic E-state index is 10.6. The van der Waals surface area contributed by atoms with Crippen LogP contribution in [0.4, 0.5) is 0 Å². The van der Waals surface area contributed by atoms with E-state index in [4.69, 9.17) is 5.11 Å². The molecular formula is C5H8O3S. The molecular weight excluding hydrogens is 140 g/mol. The number of carbonyl (C=O) groups excluding carboxylic acids is 1. The van der Waals surface area contributed by atoms with Gasteiger partial charge in [-0.15, -0.1) is 0 Å². The first-order valence-electron chi connectivity index (χ1n) is 2.76. The molecule has 0 aromatic carbocycles. The van der Waals surface area contributed by atoms with Crippen LogP contribution < -0.4 is 0 Å². The molecule has 0 bridgehead atoms. The third-order valence-electron chi connectivity index (χ3n) is 1.29. The largest absolute Gasteiger partial charge is 0.384 e. The molecule has 9 heavy (non-hydrogen) atoms. The molecule has 0 aromatic rings. The van der Waals surface area contributed by atoms with Crippen molar-refractivity contribution in [1.82, 2.24) is 0 Å². The van der Waals surface area contributed by atoms with E-state index < -0.39 is 16.9 Å². The number of hydrogen-bond acceptors (Lipinski definition) is 3. The summed E-state index contributed by atoms with van der Waals surface area (Å²) in [5, 5.41) is 8.81. The lowest BCUT2D eigenvalue weighted by Crippen LogP contribution is -2.33. The number of Topliss-reactive ketones (excluding diaryl/α,β-unsaturated/α-hetero) is 1. The lowest BCUT2D eigenvalue weighted by molar-refractivity contribution is -0.125. The van der Waals surface area contributed by atoms with Gasteiger partial charge < -0.3 is 5.11 Å². The molecule has 1 heterocycles. The van der Waals surface area contributed by atoms with Crippen LogP contribution in [0.15, 0.2) is 0 Å². The molecule has 1 aliphatic rings. The van der Waals surface area contributed by atoms with Gasteiger partial charge in [0, 0.05) is 23.0 Å². The van der Waals surface area contributed by atoms with Gasteiger partial charge in [0.05, 0.1) is 5.75 Å². The van der Waals surface area contributed by atoms with Crippen LogP contribution in [0.3, 0.4) is 0 Å². The molecule has 52 valence electrons. The number of ketones is 1. The summed E-state index contributed by atoms with van der Waals surface area (Å²) >= 11 is 0. The Morgan fingerprint density at radius 2 is 2.33 bits per heavy atom. The fraction of sp³-hybridized carbons (Fsp3) is 0.800. The standard InChI is InChI=1S/C5H8O3S/c6-4-1-2-9(8)3-5(4)7/h5,7H,1-3H2/t5-,9-/m1/s1. The summed E-state index contributed by atoms with van der Waals surface area (Å²) in [4.78, 5) is 10.6. The van der Waals surface area contributed by atoms with Gasteiger partial charge in [-0.05, 0) is 0 Å². The van der Waals surface area contributed by atoms with Crippen LogP contribution in [0, 0.1) is 0 Å². The summed E-state index contributed by atoms with van der Waals surface area (Å²) in [5.41, 5.74) is 0. The molecule has 0 saturated carbocycles. The van der Waals surface area contributed by atoms with Gasteiger partial charge in [-0.2, -0.15) is 0 Å². The minimum atomic E-state index is -0.962. The monoisotopic (exact) mass is 148 g/mol. The SMILES string of the molecule is O=C1CC[S@@](=O)C[C@H]1O. The first-order valence-corrected chi connectivity index (χ1v) is 4.24. The number of carbonyl (C=O) groups is 1. The predicted molar refractivity (Wildman–Crippen MR) is 33.5 cm³/mol. The predicted octanol–water partition coefficient (Wildman–Crippen LogP) is -0.931. The fourth-order valence-electron chi connectivity index (χ4n) is 0.733. The average Bonchev–Trinajstić information content (AvgIpc) is 1.80. The number of hydrogen-bond donors (Lipinski definition) is 1. The molecule has 0 spiro atoms. The molecule has 1 aliphatic heterocycles. The zero-order valence-electron chi connectivity index (χ0n) is 4.87. The smallest absolute Gasteiger partial charge is 0.163 e. The molecule has 0 radical (unpaired) electrons. The lowest BCUT2D eigenvalue weighted by Gasteiger charge is -2.13. The summed E-state index contributed by atoms with van der Waals surface area (Å²) in [6, 6.07) is 0. The Morgan fingerprint density at radius 1 is 1.67 bits per heavy atom. The molecule has 1 N–H and O–H groups in total. The Kier molecular flexibility index (Phi) is 1.97. The van der Waals surface area contributed by atoms with E-state index in [2.05, 4.69) is 0 Å². The molecule has 1 fully saturated rings. The molecule has 1 rings (SSSR count). The Balaban J connectivity index is 2.54. The maximum absolute atomic E-state index is 10.6. The maximum Gasteiger partial charge on any atom is 0.163 e. The highest BCUT2D eigenvalue weighted by molar-refractivity contribution is 7.85. The van der Waals surface area contributed by atoms with Crippen molar-refractivity contribution < 1.29 is 14.1 Å². The van der Waals surface area contributed by atoms with Gasteiger partial charge in [0.15, 0.2) is 5.78 Å². The quantitative estimate of drug-likeness (QED) is 0.483. The summed E-state index contributed by atoms with van der Waals surface area (Å²) < 4.78 is 10.6. The van der Waals surface area contributed by atoms with Crippen molar-refractivity contribution in [2.45, 2.75) is 12.5 Å². The molecule has 0 unspecified atom stereocenters. The van der Waals surface area contributed by atoms with E-state index in [-0.39, 0.29) is 18.0 Å². The van der Waals surface area contributed by atoms with E-state index in [9.17, 15) is 9.00 Å². The van der Waals surface area contributed by atoms with Gasteiger partial charge in [0.25, 0.3) is 0 Å². The van der Waals surface area contributed by atoms with Gasteiger partial charge in [0.2, 0.25) is 0 Å². The first-order chi connectivity index (χ1) is 4.20. The molecule has 2 atom stereocenters. The van der Waals surface area contributed by atoms with Crippen molar-refractivity contribution in [2.75, 3.05) is 11.5 Å². The molecule has 1 saturated heterocycles. The highest BCUT2D eigenvalue weighted by atomic mass is 32.2. The van der Waals surface area contributed by atoms with Gasteiger partial charge >= 0.3 is 0 Å². The number of aliphatic hydroxyl groups excluding tert-OH is 1. The number of rotatable bonds is 0. The molecule has 4 heteroatoms. The molecule has 3 nitrogen and oxygen atoms in total. The summed E-state index contributed by atoms with van der Waals surface area (Å²) in [7, 11) is -0.962. The van der Waals surface area contributed by atoms with Crippen molar-refractivity contribution in [2.24, 2.45) is 0 Å². The van der Waals surface area contributed by atoms with E-state index >= 15 is 0 Å². The normalized spacial score (nSPS) is 36.8. The Morgan fingerprint density at radius 3 is 2.78 bits per heavy atom. The second kappa shape index (κ2) is 2.58. The van der Waals surface area contributed by atoms with Crippen LogP contribution in [0.25, 0.3) is 0 Å². The Hall–Kier alpha value is -0.220. The zero-order chi connectivity index (χ0) is 6.85. The number of aliphatic hydroxyl groups is 1. The van der Waals surface area contributed by atoms with Gasteiger partial charge in [-0.25, -0.2) is 0 Å². The molecule has 0 amide bonds.